The first-order chi connectivity index (χ1) is 8.69. The van der Waals surface area contributed by atoms with E-state index < -0.39 is 5.97 Å². The molecule has 0 unspecified atom stereocenters. The van der Waals surface area contributed by atoms with E-state index in [0.717, 1.165) is 0 Å². The van der Waals surface area contributed by atoms with E-state index in [1.54, 1.807) is 35.4 Å². The van der Waals surface area contributed by atoms with Crippen LogP contribution in [0.5, 0.6) is 0 Å². The number of carbonyl (C=O) groups is 1. The monoisotopic (exact) mass is 245 g/mol. The van der Waals surface area contributed by atoms with Gasteiger partial charge in [-0.05, 0) is 12.1 Å². The van der Waals surface area contributed by atoms with Crippen molar-refractivity contribution in [3.63, 3.8) is 0 Å². The fourth-order valence-corrected chi connectivity index (χ4v) is 1.30. The van der Waals surface area contributed by atoms with E-state index >= 15 is 0 Å². The summed E-state index contributed by atoms with van der Waals surface area (Å²) in [5, 5.41) is 18.5. The highest BCUT2D eigenvalue weighted by molar-refractivity contribution is 5.93. The lowest BCUT2D eigenvalue weighted by Crippen LogP contribution is -2.16. The minimum Gasteiger partial charge on any atom is -0.478 e. The topological polar surface area (TPSA) is 65.3 Å². The first-order valence-corrected chi connectivity index (χ1v) is 5.39. The fraction of sp³-hybridized carbons (Fsp3) is 0.154. The molecule has 0 atom stereocenters. The normalized spacial score (nSPS) is 10.2. The van der Waals surface area contributed by atoms with Crippen LogP contribution >= 0.6 is 0 Å². The third-order valence-electron chi connectivity index (χ3n) is 2.09. The highest BCUT2D eigenvalue weighted by Gasteiger charge is 2.08. The van der Waals surface area contributed by atoms with Gasteiger partial charge < -0.3 is 5.11 Å². The highest BCUT2D eigenvalue weighted by atomic mass is 16.4. The van der Waals surface area contributed by atoms with Crippen molar-refractivity contribution in [3.8, 4) is 0 Å². The van der Waals surface area contributed by atoms with Crippen molar-refractivity contribution >= 4 is 11.7 Å². The van der Waals surface area contributed by atoms with Crippen LogP contribution in [0.15, 0.2) is 59.9 Å². The Bertz CT molecular complexity index is 459. The molecule has 0 aromatic heterocycles. The third-order valence-corrected chi connectivity index (χ3v) is 2.09. The second-order valence-electron chi connectivity index (χ2n) is 3.46. The zero-order chi connectivity index (χ0) is 13.4. The number of rotatable bonds is 7. The van der Waals surface area contributed by atoms with Crippen LogP contribution in [0.3, 0.4) is 0 Å². The van der Waals surface area contributed by atoms with Crippen molar-refractivity contribution in [1.29, 1.82) is 0 Å². The lowest BCUT2D eigenvalue weighted by Gasteiger charge is -2.12. The molecular weight excluding hydrogens is 230 g/mol. The van der Waals surface area contributed by atoms with Gasteiger partial charge in [-0.1, -0.05) is 29.5 Å². The second kappa shape index (κ2) is 7.01. The van der Waals surface area contributed by atoms with Gasteiger partial charge in [0.05, 0.1) is 18.7 Å². The molecule has 0 aliphatic heterocycles. The maximum absolute atomic E-state index is 11.0. The Morgan fingerprint density at radius 3 is 2.44 bits per heavy atom. The lowest BCUT2D eigenvalue weighted by atomic mass is 10.2. The molecular formula is C13H15N3O2. The number of aromatic carboxylic acids is 1. The summed E-state index contributed by atoms with van der Waals surface area (Å²) in [4.78, 5) is 11.0. The molecule has 1 aromatic carbocycles. The van der Waals surface area contributed by atoms with Gasteiger partial charge in [0.1, 0.15) is 5.69 Å². The van der Waals surface area contributed by atoms with Gasteiger partial charge in [0.2, 0.25) is 0 Å². The second-order valence-corrected chi connectivity index (χ2v) is 3.46. The minimum absolute atomic E-state index is 0.124. The van der Waals surface area contributed by atoms with E-state index in [1.807, 2.05) is 0 Å². The first kappa shape index (κ1) is 13.6. The molecule has 0 aliphatic rings. The summed E-state index contributed by atoms with van der Waals surface area (Å²) in [5.41, 5.74) is 0.446. The Labute approximate surface area is 106 Å². The van der Waals surface area contributed by atoms with Gasteiger partial charge in [-0.3, -0.25) is 5.01 Å². The average Bonchev–Trinajstić information content (AvgIpc) is 2.36. The van der Waals surface area contributed by atoms with Crippen molar-refractivity contribution in [1.82, 2.24) is 5.01 Å². The predicted molar refractivity (Wildman–Crippen MR) is 69.9 cm³/mol. The Balaban J connectivity index is 2.90. The van der Waals surface area contributed by atoms with Gasteiger partial charge in [0, 0.05) is 0 Å². The Morgan fingerprint density at radius 1 is 1.28 bits per heavy atom. The number of benzene rings is 1. The summed E-state index contributed by atoms with van der Waals surface area (Å²) in [5.74, 6) is -1.02. The van der Waals surface area contributed by atoms with Crippen molar-refractivity contribution in [2.24, 2.45) is 10.3 Å². The standard InChI is InChI=1S/C13H15N3O2/c1-3-9-16(10-4-2)15-14-12-8-6-5-7-11(12)13(17)18/h3-8H,1-2,9-10H2,(H,17,18). The maximum atomic E-state index is 11.0. The zero-order valence-electron chi connectivity index (χ0n) is 9.99. The van der Waals surface area contributed by atoms with Crippen LogP contribution in [-0.2, 0) is 0 Å². The summed E-state index contributed by atoms with van der Waals surface area (Å²) in [6.45, 7) is 8.26. The van der Waals surface area contributed by atoms with E-state index in [4.69, 9.17) is 5.11 Å². The summed E-state index contributed by atoms with van der Waals surface area (Å²) in [7, 11) is 0. The van der Waals surface area contributed by atoms with Crippen LogP contribution in [-0.4, -0.2) is 29.2 Å². The fourth-order valence-electron chi connectivity index (χ4n) is 1.30. The number of carboxylic acid groups (broad SMARTS) is 1. The van der Waals surface area contributed by atoms with Crippen molar-refractivity contribution in [2.45, 2.75) is 0 Å². The molecule has 0 saturated carbocycles. The molecule has 1 N–H and O–H groups in total. The average molecular weight is 245 g/mol. The lowest BCUT2D eigenvalue weighted by molar-refractivity contribution is 0.0697. The van der Waals surface area contributed by atoms with Crippen molar-refractivity contribution in [2.75, 3.05) is 13.1 Å². The minimum atomic E-state index is -1.02. The molecule has 5 heteroatoms. The van der Waals surface area contributed by atoms with Crippen LogP contribution in [0.1, 0.15) is 10.4 Å². The molecule has 0 heterocycles. The van der Waals surface area contributed by atoms with Crippen LogP contribution in [0.4, 0.5) is 5.69 Å². The van der Waals surface area contributed by atoms with Gasteiger partial charge in [-0.15, -0.1) is 18.3 Å². The van der Waals surface area contributed by atoms with E-state index in [-0.39, 0.29) is 5.56 Å². The molecule has 0 fully saturated rings. The number of hydrogen-bond acceptors (Lipinski definition) is 3. The van der Waals surface area contributed by atoms with Gasteiger partial charge in [-0.25, -0.2) is 4.79 Å². The molecule has 0 amide bonds. The summed E-state index contributed by atoms with van der Waals surface area (Å²) < 4.78 is 0. The molecule has 0 saturated heterocycles. The van der Waals surface area contributed by atoms with E-state index in [2.05, 4.69) is 23.5 Å². The molecule has 5 nitrogen and oxygen atoms in total. The first-order valence-electron chi connectivity index (χ1n) is 5.39. The molecule has 94 valence electrons. The summed E-state index contributed by atoms with van der Waals surface area (Å²) in [6.07, 6.45) is 3.37. The van der Waals surface area contributed by atoms with E-state index in [1.165, 1.54) is 6.07 Å². The van der Waals surface area contributed by atoms with E-state index in [9.17, 15) is 4.79 Å². The largest absolute Gasteiger partial charge is 0.478 e. The van der Waals surface area contributed by atoms with Crippen molar-refractivity contribution in [3.05, 3.63) is 55.1 Å². The Kier molecular flexibility index (Phi) is 5.31. The van der Waals surface area contributed by atoms with Crippen LogP contribution in [0.2, 0.25) is 0 Å². The number of hydrogen-bond donors (Lipinski definition) is 1. The number of nitrogens with zero attached hydrogens (tertiary/aromatic N) is 3. The van der Waals surface area contributed by atoms with Crippen LogP contribution in [0.25, 0.3) is 0 Å². The SMILES string of the molecule is C=CCN(CC=C)N=Nc1ccccc1C(=O)O. The summed E-state index contributed by atoms with van der Waals surface area (Å²) in [6, 6.07) is 6.45. The Hall–Kier alpha value is -2.43. The van der Waals surface area contributed by atoms with Crippen LogP contribution in [0, 0.1) is 0 Å². The molecule has 18 heavy (non-hydrogen) atoms. The predicted octanol–water partition coefficient (Wildman–Crippen LogP) is 3.06. The van der Waals surface area contributed by atoms with Gasteiger partial charge in [0.25, 0.3) is 0 Å². The third kappa shape index (κ3) is 3.86. The molecule has 0 spiro atoms. The molecule has 1 rings (SSSR count). The highest BCUT2D eigenvalue weighted by Crippen LogP contribution is 2.19. The van der Waals surface area contributed by atoms with E-state index in [0.29, 0.717) is 18.8 Å². The molecule has 0 aliphatic carbocycles. The van der Waals surface area contributed by atoms with Gasteiger partial charge >= 0.3 is 5.97 Å². The van der Waals surface area contributed by atoms with Gasteiger partial charge in [-0.2, -0.15) is 0 Å². The quantitative estimate of drug-likeness (QED) is 0.456. The molecule has 0 radical (unpaired) electrons. The van der Waals surface area contributed by atoms with Crippen molar-refractivity contribution < 1.29 is 9.90 Å². The molecule has 1 aromatic rings. The zero-order valence-corrected chi connectivity index (χ0v) is 9.99. The molecule has 0 bridgehead atoms. The summed E-state index contributed by atoms with van der Waals surface area (Å²) >= 11 is 0. The Morgan fingerprint density at radius 2 is 1.89 bits per heavy atom. The number of carboxylic acids is 1. The van der Waals surface area contributed by atoms with Gasteiger partial charge in [0.15, 0.2) is 0 Å². The smallest absolute Gasteiger partial charge is 0.337 e. The maximum Gasteiger partial charge on any atom is 0.337 e. The van der Waals surface area contributed by atoms with Crippen LogP contribution < -0.4 is 0 Å².